The zero-order valence-electron chi connectivity index (χ0n) is 23.3. The molecule has 9 nitrogen and oxygen atoms in total. The summed E-state index contributed by atoms with van der Waals surface area (Å²) in [5, 5.41) is 9.42. The smallest absolute Gasteiger partial charge is 0.253 e. The third kappa shape index (κ3) is 9.08. The fourth-order valence-electron chi connectivity index (χ4n) is 4.44. The Bertz CT molecular complexity index is 1110. The number of nitrogens with two attached hydrogens (primary N) is 2. The van der Waals surface area contributed by atoms with Gasteiger partial charge in [0.15, 0.2) is 0 Å². The lowest BCUT2D eigenvalue weighted by atomic mass is 10.1. The average molecular weight is 523 g/mol. The second-order valence-corrected chi connectivity index (χ2v) is 10.3. The van der Waals surface area contributed by atoms with E-state index in [4.69, 9.17) is 11.5 Å². The van der Waals surface area contributed by atoms with Gasteiger partial charge >= 0.3 is 0 Å². The molecule has 0 saturated carbocycles. The zero-order valence-corrected chi connectivity index (χ0v) is 23.3. The van der Waals surface area contributed by atoms with Crippen LogP contribution in [0.3, 0.4) is 0 Å². The van der Waals surface area contributed by atoms with Crippen LogP contribution in [0.4, 0.5) is 5.82 Å². The van der Waals surface area contributed by atoms with Gasteiger partial charge in [-0.2, -0.15) is 0 Å². The van der Waals surface area contributed by atoms with Crippen LogP contribution in [-0.4, -0.2) is 59.6 Å². The summed E-state index contributed by atoms with van der Waals surface area (Å²) in [6, 6.07) is 8.01. The van der Waals surface area contributed by atoms with Crippen molar-refractivity contribution in [3.63, 3.8) is 0 Å². The van der Waals surface area contributed by atoms with Crippen LogP contribution in [0.15, 0.2) is 24.3 Å². The van der Waals surface area contributed by atoms with Crippen molar-refractivity contribution in [2.24, 2.45) is 5.73 Å². The van der Waals surface area contributed by atoms with E-state index < -0.39 is 0 Å². The van der Waals surface area contributed by atoms with E-state index in [0.717, 1.165) is 40.1 Å². The number of nitrogens with one attached hydrogen (secondary N) is 4. The van der Waals surface area contributed by atoms with Crippen molar-refractivity contribution in [3.8, 4) is 11.3 Å². The van der Waals surface area contributed by atoms with E-state index in [9.17, 15) is 4.79 Å². The standard InChI is InChI=1S/C16H15N5O.2C5H11N.C3H9N/c1-8-15(17)21-14-9(3-2-4-12(14)19-8)13-7-10-11(20-13)5-6-18-16(10)22;2*1-2-4-6-5-3-1;1-3(2)4/h2-4,7,20H,5-6H2,1H3,(H2,17,21)(H,18,22);2*6H,1-5H2;3H,4H2,1-2H3. The van der Waals surface area contributed by atoms with Crippen molar-refractivity contribution < 1.29 is 4.79 Å². The predicted molar refractivity (Wildman–Crippen MR) is 157 cm³/mol. The monoisotopic (exact) mass is 522 g/mol. The number of carbonyl (C=O) groups is 1. The van der Waals surface area contributed by atoms with Crippen LogP contribution < -0.4 is 27.4 Å². The topological polar surface area (TPSA) is 147 Å². The molecule has 0 atom stereocenters. The number of H-pyrrole nitrogens is 1. The molecule has 6 rings (SSSR count). The van der Waals surface area contributed by atoms with E-state index in [1.54, 1.807) is 0 Å². The summed E-state index contributed by atoms with van der Waals surface area (Å²) in [5.74, 6) is 0.388. The van der Waals surface area contributed by atoms with Crippen LogP contribution >= 0.6 is 0 Å². The van der Waals surface area contributed by atoms with Gasteiger partial charge in [-0.3, -0.25) is 4.79 Å². The minimum atomic E-state index is -0.0366. The molecule has 208 valence electrons. The lowest BCUT2D eigenvalue weighted by Gasteiger charge is -2.11. The molecule has 1 aromatic carbocycles. The van der Waals surface area contributed by atoms with Crippen LogP contribution in [0.2, 0.25) is 0 Å². The highest BCUT2D eigenvalue weighted by Gasteiger charge is 2.21. The minimum absolute atomic E-state index is 0.0366. The molecule has 3 aliphatic heterocycles. The first-order chi connectivity index (χ1) is 18.4. The van der Waals surface area contributed by atoms with Gasteiger partial charge in [-0.05, 0) is 77.0 Å². The molecule has 2 aromatic heterocycles. The van der Waals surface area contributed by atoms with E-state index in [2.05, 4.69) is 30.9 Å². The SMILES string of the molecule is C1CCNCC1.C1CCNCC1.CC(C)N.Cc1nc2cccc(-c3cc4c([nH]3)CCNC4=O)c2nc1N. The van der Waals surface area contributed by atoms with E-state index in [0.29, 0.717) is 24.0 Å². The van der Waals surface area contributed by atoms with Crippen molar-refractivity contribution in [2.75, 3.05) is 38.5 Å². The number of hydrogen-bond acceptors (Lipinski definition) is 7. The van der Waals surface area contributed by atoms with Crippen molar-refractivity contribution in [1.29, 1.82) is 0 Å². The molecule has 1 amide bonds. The molecule has 2 fully saturated rings. The number of nitrogens with zero attached hydrogens (tertiary/aromatic N) is 2. The molecule has 2 saturated heterocycles. The third-order valence-corrected chi connectivity index (χ3v) is 6.41. The molecule has 8 N–H and O–H groups in total. The molecule has 0 aliphatic carbocycles. The van der Waals surface area contributed by atoms with Crippen molar-refractivity contribution in [3.05, 3.63) is 41.2 Å². The van der Waals surface area contributed by atoms with Gasteiger partial charge in [0.1, 0.15) is 11.3 Å². The molecule has 0 unspecified atom stereocenters. The van der Waals surface area contributed by atoms with Gasteiger partial charge in [0.2, 0.25) is 0 Å². The second kappa shape index (κ2) is 15.4. The highest BCUT2D eigenvalue weighted by molar-refractivity contribution is 5.99. The fraction of sp³-hybridized carbons (Fsp3) is 0.552. The maximum Gasteiger partial charge on any atom is 0.253 e. The largest absolute Gasteiger partial charge is 0.382 e. The molecule has 9 heteroatoms. The molecule has 38 heavy (non-hydrogen) atoms. The number of piperidine rings is 2. The Balaban J connectivity index is 0.000000203. The first kappa shape index (κ1) is 29.5. The van der Waals surface area contributed by atoms with Crippen LogP contribution in [-0.2, 0) is 6.42 Å². The third-order valence-electron chi connectivity index (χ3n) is 6.41. The zero-order chi connectivity index (χ0) is 27.3. The molecule has 0 radical (unpaired) electrons. The number of aromatic amines is 1. The number of fused-ring (bicyclic) bond motifs is 2. The predicted octanol–water partition coefficient (Wildman–Crippen LogP) is 3.67. The van der Waals surface area contributed by atoms with Gasteiger partial charge in [0.25, 0.3) is 5.91 Å². The Morgan fingerprint density at radius 2 is 1.47 bits per heavy atom. The molecular weight excluding hydrogens is 476 g/mol. The second-order valence-electron chi connectivity index (χ2n) is 10.3. The minimum Gasteiger partial charge on any atom is -0.382 e. The Kier molecular flexibility index (Phi) is 12.0. The van der Waals surface area contributed by atoms with Crippen LogP contribution in [0.1, 0.15) is 74.1 Å². The number of aromatic nitrogens is 3. The number of benzene rings is 1. The quantitative estimate of drug-likeness (QED) is 0.286. The van der Waals surface area contributed by atoms with Crippen molar-refractivity contribution in [1.82, 2.24) is 30.9 Å². The molecule has 5 heterocycles. The summed E-state index contributed by atoms with van der Waals surface area (Å²) in [7, 11) is 0. The summed E-state index contributed by atoms with van der Waals surface area (Å²) in [6.07, 6.45) is 9.23. The first-order valence-corrected chi connectivity index (χ1v) is 14.1. The summed E-state index contributed by atoms with van der Waals surface area (Å²) in [6.45, 7) is 11.4. The normalized spacial score (nSPS) is 16.6. The number of nitrogen functional groups attached to an aromatic ring is 1. The Labute approximate surface area is 227 Å². The van der Waals surface area contributed by atoms with Crippen LogP contribution in [0, 0.1) is 6.92 Å². The van der Waals surface area contributed by atoms with Gasteiger partial charge in [-0.15, -0.1) is 0 Å². The number of rotatable bonds is 1. The van der Waals surface area contributed by atoms with E-state index in [-0.39, 0.29) is 5.91 Å². The number of para-hydroxylation sites is 1. The van der Waals surface area contributed by atoms with Gasteiger partial charge in [-0.1, -0.05) is 38.8 Å². The molecule has 0 spiro atoms. The molecule has 3 aliphatic rings. The Hall–Kier alpha value is -3.01. The highest BCUT2D eigenvalue weighted by atomic mass is 16.1. The first-order valence-electron chi connectivity index (χ1n) is 14.1. The summed E-state index contributed by atoms with van der Waals surface area (Å²) < 4.78 is 0. The highest BCUT2D eigenvalue weighted by Crippen LogP contribution is 2.29. The maximum absolute atomic E-state index is 11.9. The summed E-state index contributed by atoms with van der Waals surface area (Å²) >= 11 is 0. The number of anilines is 1. The van der Waals surface area contributed by atoms with E-state index in [1.807, 2.05) is 45.0 Å². The summed E-state index contributed by atoms with van der Waals surface area (Å²) in [4.78, 5) is 24.2. The molecule has 0 bridgehead atoms. The van der Waals surface area contributed by atoms with Gasteiger partial charge in [0.05, 0.1) is 16.8 Å². The molecule has 3 aromatic rings. The van der Waals surface area contributed by atoms with Crippen molar-refractivity contribution in [2.45, 2.75) is 71.8 Å². The van der Waals surface area contributed by atoms with Crippen molar-refractivity contribution >= 4 is 22.8 Å². The van der Waals surface area contributed by atoms with E-state index in [1.165, 1.54) is 64.7 Å². The fourth-order valence-corrected chi connectivity index (χ4v) is 4.44. The average Bonchev–Trinajstić information content (AvgIpc) is 3.37. The summed E-state index contributed by atoms with van der Waals surface area (Å²) in [5.41, 5.74) is 16.7. The maximum atomic E-state index is 11.9. The van der Waals surface area contributed by atoms with E-state index >= 15 is 0 Å². The number of aryl methyl sites for hydroxylation is 1. The van der Waals surface area contributed by atoms with Crippen LogP contribution in [0.25, 0.3) is 22.3 Å². The van der Waals surface area contributed by atoms with Gasteiger partial charge < -0.3 is 32.4 Å². The number of amides is 1. The van der Waals surface area contributed by atoms with Gasteiger partial charge in [0, 0.05) is 29.9 Å². The Morgan fingerprint density at radius 1 is 0.868 bits per heavy atom. The number of carbonyl (C=O) groups excluding carboxylic acids is 1. The van der Waals surface area contributed by atoms with Crippen LogP contribution in [0.5, 0.6) is 0 Å². The molecular formula is C29H46N8O. The lowest BCUT2D eigenvalue weighted by Crippen LogP contribution is -2.31. The lowest BCUT2D eigenvalue weighted by molar-refractivity contribution is 0.0946. The van der Waals surface area contributed by atoms with Gasteiger partial charge in [-0.25, -0.2) is 9.97 Å². The number of hydrogen-bond donors (Lipinski definition) is 6. The Morgan fingerprint density at radius 3 is 1.97 bits per heavy atom.